The molecule has 7 heteroatoms. The van der Waals surface area contributed by atoms with E-state index in [9.17, 15) is 14.9 Å². The van der Waals surface area contributed by atoms with Gasteiger partial charge in [0.1, 0.15) is 6.61 Å². The number of pyridine rings is 1. The zero-order chi connectivity index (χ0) is 19.1. The Morgan fingerprint density at radius 2 is 1.85 bits per heavy atom. The van der Waals surface area contributed by atoms with Crippen molar-refractivity contribution in [1.29, 1.82) is 0 Å². The summed E-state index contributed by atoms with van der Waals surface area (Å²) < 4.78 is 4.94. The van der Waals surface area contributed by atoms with Gasteiger partial charge in [-0.25, -0.2) is 4.98 Å². The van der Waals surface area contributed by atoms with Gasteiger partial charge >= 0.3 is 11.7 Å². The number of rotatable bonds is 8. The van der Waals surface area contributed by atoms with Crippen LogP contribution in [0.3, 0.4) is 0 Å². The number of nitrogens with zero attached hydrogens (tertiary/aromatic N) is 2. The zero-order valence-corrected chi connectivity index (χ0v) is 15.2. The molecule has 2 rings (SSSR count). The van der Waals surface area contributed by atoms with Crippen LogP contribution in [0.2, 0.25) is 0 Å². The third kappa shape index (κ3) is 5.02. The second kappa shape index (κ2) is 8.94. The van der Waals surface area contributed by atoms with Gasteiger partial charge in [0.15, 0.2) is 0 Å². The van der Waals surface area contributed by atoms with Gasteiger partial charge in [-0.1, -0.05) is 26.0 Å². The highest BCUT2D eigenvalue weighted by Gasteiger charge is 2.19. The van der Waals surface area contributed by atoms with Crippen LogP contribution in [0.1, 0.15) is 50.8 Å². The topological polar surface area (TPSA) is 94.4 Å². The summed E-state index contributed by atoms with van der Waals surface area (Å²) in [5.41, 5.74) is 2.28. The molecular formula is C19H23N3O4. The highest BCUT2D eigenvalue weighted by molar-refractivity contribution is 5.67. The average Bonchev–Trinajstić information content (AvgIpc) is 2.62. The van der Waals surface area contributed by atoms with Crippen LogP contribution in [0.15, 0.2) is 36.4 Å². The molecule has 7 nitrogen and oxygen atoms in total. The van der Waals surface area contributed by atoms with Gasteiger partial charge in [0.2, 0.25) is 5.82 Å². The molecular weight excluding hydrogens is 334 g/mol. The molecule has 1 aromatic carbocycles. The van der Waals surface area contributed by atoms with Gasteiger partial charge in [-0.05, 0) is 36.6 Å². The van der Waals surface area contributed by atoms with E-state index in [1.165, 1.54) is 13.0 Å². The molecule has 138 valence electrons. The Labute approximate surface area is 152 Å². The Bertz CT molecular complexity index is 771. The second-order valence-corrected chi connectivity index (χ2v) is 5.98. The molecule has 0 spiro atoms. The predicted molar refractivity (Wildman–Crippen MR) is 99.4 cm³/mol. The van der Waals surface area contributed by atoms with E-state index in [0.29, 0.717) is 5.69 Å². The maximum atomic E-state index is 11.3. The number of anilines is 2. The summed E-state index contributed by atoms with van der Waals surface area (Å²) in [6, 6.07) is 10.4. The molecule has 0 bridgehead atoms. The third-order valence-electron chi connectivity index (χ3n) is 4.15. The van der Waals surface area contributed by atoms with Crippen molar-refractivity contribution in [2.75, 3.05) is 5.32 Å². The van der Waals surface area contributed by atoms with Crippen LogP contribution in [0.4, 0.5) is 17.2 Å². The van der Waals surface area contributed by atoms with Gasteiger partial charge in [0.05, 0.1) is 4.92 Å². The minimum Gasteiger partial charge on any atom is -0.461 e. The number of hydrogen-bond donors (Lipinski definition) is 1. The molecule has 0 unspecified atom stereocenters. The standard InChI is InChI=1S/C19H23N3O4/c1-4-15(5-2)17-10-11-18(22(24)25)19(21-17)20-16-8-6-14(7-9-16)12-26-13(3)23/h6-11,15H,4-5,12H2,1-3H3,(H,20,21). The minimum atomic E-state index is -0.443. The molecule has 0 amide bonds. The Balaban J connectivity index is 2.24. The van der Waals surface area contributed by atoms with Gasteiger partial charge in [-0.3, -0.25) is 14.9 Å². The number of nitrogens with one attached hydrogen (secondary N) is 1. The van der Waals surface area contributed by atoms with Crippen molar-refractivity contribution in [3.05, 3.63) is 57.8 Å². The van der Waals surface area contributed by atoms with Crippen molar-refractivity contribution in [2.24, 2.45) is 0 Å². The molecule has 1 heterocycles. The van der Waals surface area contributed by atoms with Crippen LogP contribution in [0.5, 0.6) is 0 Å². The van der Waals surface area contributed by atoms with E-state index in [1.54, 1.807) is 30.3 Å². The first-order valence-corrected chi connectivity index (χ1v) is 8.59. The molecule has 0 atom stereocenters. The molecule has 0 radical (unpaired) electrons. The van der Waals surface area contributed by atoms with E-state index in [-0.39, 0.29) is 30.0 Å². The molecule has 0 aliphatic heterocycles. The third-order valence-corrected chi connectivity index (χ3v) is 4.15. The van der Waals surface area contributed by atoms with Crippen molar-refractivity contribution < 1.29 is 14.5 Å². The summed E-state index contributed by atoms with van der Waals surface area (Å²) in [4.78, 5) is 26.2. The number of hydrogen-bond acceptors (Lipinski definition) is 6. The SMILES string of the molecule is CCC(CC)c1ccc([N+](=O)[O-])c(Nc2ccc(COC(C)=O)cc2)n1. The molecule has 0 saturated carbocycles. The molecule has 1 aromatic heterocycles. The predicted octanol–water partition coefficient (Wildman–Crippen LogP) is 4.70. The Kier molecular flexibility index (Phi) is 6.66. The van der Waals surface area contributed by atoms with Crippen molar-refractivity contribution >= 4 is 23.2 Å². The number of aromatic nitrogens is 1. The number of benzene rings is 1. The Morgan fingerprint density at radius 1 is 1.19 bits per heavy atom. The molecule has 0 aliphatic rings. The molecule has 0 saturated heterocycles. The molecule has 0 aliphatic carbocycles. The summed E-state index contributed by atoms with van der Waals surface area (Å²) in [5, 5.41) is 14.3. The van der Waals surface area contributed by atoms with Crippen molar-refractivity contribution in [2.45, 2.75) is 46.1 Å². The number of carbonyl (C=O) groups excluding carboxylic acids is 1. The maximum absolute atomic E-state index is 11.3. The summed E-state index contributed by atoms with van der Waals surface area (Å²) in [6.07, 6.45) is 1.84. The van der Waals surface area contributed by atoms with Gasteiger partial charge in [-0.2, -0.15) is 0 Å². The van der Waals surface area contributed by atoms with Crippen LogP contribution >= 0.6 is 0 Å². The van der Waals surface area contributed by atoms with E-state index in [2.05, 4.69) is 24.1 Å². The maximum Gasteiger partial charge on any atom is 0.311 e. The first kappa shape index (κ1) is 19.4. The van der Waals surface area contributed by atoms with Crippen LogP contribution in [0, 0.1) is 10.1 Å². The molecule has 1 N–H and O–H groups in total. The van der Waals surface area contributed by atoms with Gasteiger partial charge < -0.3 is 10.1 Å². The lowest BCUT2D eigenvalue weighted by molar-refractivity contribution is -0.384. The fourth-order valence-corrected chi connectivity index (χ4v) is 2.65. The molecule has 0 fully saturated rings. The van der Waals surface area contributed by atoms with E-state index in [1.807, 2.05) is 0 Å². The summed E-state index contributed by atoms with van der Waals surface area (Å²) in [5.74, 6) is 0.153. The smallest absolute Gasteiger partial charge is 0.311 e. The van der Waals surface area contributed by atoms with E-state index in [4.69, 9.17) is 4.74 Å². The van der Waals surface area contributed by atoms with Crippen molar-refractivity contribution in [3.63, 3.8) is 0 Å². The number of ether oxygens (including phenoxy) is 1. The van der Waals surface area contributed by atoms with E-state index >= 15 is 0 Å². The minimum absolute atomic E-state index is 0.0660. The number of nitro groups is 1. The zero-order valence-electron chi connectivity index (χ0n) is 15.2. The lowest BCUT2D eigenvalue weighted by Gasteiger charge is -2.14. The highest BCUT2D eigenvalue weighted by atomic mass is 16.6. The fraction of sp³-hybridized carbons (Fsp3) is 0.368. The number of carbonyl (C=O) groups is 1. The van der Waals surface area contributed by atoms with Crippen molar-refractivity contribution in [3.8, 4) is 0 Å². The summed E-state index contributed by atoms with van der Waals surface area (Å²) >= 11 is 0. The summed E-state index contributed by atoms with van der Waals surface area (Å²) in [6.45, 7) is 5.70. The van der Waals surface area contributed by atoms with Crippen LogP contribution in [0.25, 0.3) is 0 Å². The number of esters is 1. The lowest BCUT2D eigenvalue weighted by Crippen LogP contribution is -2.05. The monoisotopic (exact) mass is 357 g/mol. The Hall–Kier alpha value is -2.96. The van der Waals surface area contributed by atoms with Crippen molar-refractivity contribution in [1.82, 2.24) is 4.98 Å². The van der Waals surface area contributed by atoms with Crippen LogP contribution in [-0.2, 0) is 16.1 Å². The lowest BCUT2D eigenvalue weighted by atomic mass is 9.99. The first-order chi connectivity index (χ1) is 12.4. The van der Waals surface area contributed by atoms with Gasteiger partial charge in [0.25, 0.3) is 0 Å². The highest BCUT2D eigenvalue weighted by Crippen LogP contribution is 2.30. The second-order valence-electron chi connectivity index (χ2n) is 5.98. The van der Waals surface area contributed by atoms with E-state index in [0.717, 1.165) is 24.1 Å². The molecule has 2 aromatic rings. The Morgan fingerprint density at radius 3 is 2.38 bits per heavy atom. The normalized spacial score (nSPS) is 10.6. The quantitative estimate of drug-likeness (QED) is 0.418. The fourth-order valence-electron chi connectivity index (χ4n) is 2.65. The van der Waals surface area contributed by atoms with E-state index < -0.39 is 4.92 Å². The molecule has 26 heavy (non-hydrogen) atoms. The van der Waals surface area contributed by atoms with Crippen LogP contribution in [-0.4, -0.2) is 15.9 Å². The largest absolute Gasteiger partial charge is 0.461 e. The average molecular weight is 357 g/mol. The first-order valence-electron chi connectivity index (χ1n) is 8.59. The summed E-state index contributed by atoms with van der Waals surface area (Å²) in [7, 11) is 0. The van der Waals surface area contributed by atoms with Crippen LogP contribution < -0.4 is 5.32 Å². The van der Waals surface area contributed by atoms with Gasteiger partial charge in [-0.15, -0.1) is 0 Å². The van der Waals surface area contributed by atoms with Gasteiger partial charge in [0, 0.05) is 30.3 Å².